The number of anilines is 1. The van der Waals surface area contributed by atoms with Crippen molar-refractivity contribution in [3.8, 4) is 22.2 Å². The molecular formula is C24H19N3O2S. The van der Waals surface area contributed by atoms with Crippen molar-refractivity contribution in [2.24, 2.45) is 0 Å². The predicted octanol–water partition coefficient (Wildman–Crippen LogP) is 5.66. The van der Waals surface area contributed by atoms with Crippen molar-refractivity contribution >= 4 is 22.9 Å². The molecule has 0 saturated heterocycles. The lowest BCUT2D eigenvalue weighted by Crippen LogP contribution is -2.11. The van der Waals surface area contributed by atoms with Gasteiger partial charge in [0, 0.05) is 23.0 Å². The number of carbonyl (C=O) groups is 1. The normalized spacial score (nSPS) is 12.0. The van der Waals surface area contributed by atoms with Gasteiger partial charge in [-0.15, -0.1) is 11.3 Å². The van der Waals surface area contributed by atoms with Gasteiger partial charge in [0.25, 0.3) is 5.91 Å². The molecule has 0 aliphatic heterocycles. The molecule has 0 saturated carbocycles. The van der Waals surface area contributed by atoms with Crippen LogP contribution in [0.25, 0.3) is 10.4 Å². The average molecular weight is 414 g/mol. The molecule has 1 amide bonds. The van der Waals surface area contributed by atoms with Crippen molar-refractivity contribution in [2.75, 3.05) is 5.32 Å². The molecule has 1 N–H and O–H groups in total. The number of fused-ring (bicyclic) bond motifs is 3. The predicted molar refractivity (Wildman–Crippen MR) is 118 cm³/mol. The van der Waals surface area contributed by atoms with Crippen LogP contribution in [0.1, 0.15) is 26.4 Å². The lowest BCUT2D eigenvalue weighted by Gasteiger charge is -2.15. The molecular weight excluding hydrogens is 394 g/mol. The molecule has 5 rings (SSSR count). The Balaban J connectivity index is 1.35. The van der Waals surface area contributed by atoms with Crippen molar-refractivity contribution in [1.29, 1.82) is 0 Å². The summed E-state index contributed by atoms with van der Waals surface area (Å²) in [6, 6.07) is 18.0. The SMILES string of the molecule is Cc1cc(Oc2ncccn2)ccc1NC(=O)c1cc2c(s1)-c1ccccc1CC2. The third-order valence-corrected chi connectivity index (χ3v) is 6.37. The standard InChI is InChI=1S/C24H19N3O2S/c1-15-13-18(29-24-25-11-4-12-26-24)9-10-20(15)27-23(28)21-14-17-8-7-16-5-2-3-6-19(16)22(17)30-21/h2-6,9-14H,7-8H2,1H3,(H,27,28). The number of aryl methyl sites for hydroxylation is 3. The zero-order chi connectivity index (χ0) is 20.5. The number of aromatic nitrogens is 2. The van der Waals surface area contributed by atoms with E-state index in [1.807, 2.05) is 25.1 Å². The summed E-state index contributed by atoms with van der Waals surface area (Å²) in [6.45, 7) is 1.93. The number of nitrogens with zero attached hydrogens (tertiary/aromatic N) is 2. The molecule has 0 fully saturated rings. The zero-order valence-electron chi connectivity index (χ0n) is 16.4. The maximum atomic E-state index is 12.9. The fraction of sp³-hybridized carbons (Fsp3) is 0.125. The van der Waals surface area contributed by atoms with Crippen LogP contribution in [0.5, 0.6) is 11.8 Å². The number of benzene rings is 2. The van der Waals surface area contributed by atoms with Gasteiger partial charge < -0.3 is 10.1 Å². The second-order valence-corrected chi connectivity index (χ2v) is 8.24. The van der Waals surface area contributed by atoms with Gasteiger partial charge in [0.2, 0.25) is 0 Å². The summed E-state index contributed by atoms with van der Waals surface area (Å²) in [5.41, 5.74) is 5.53. The first kappa shape index (κ1) is 18.5. The van der Waals surface area contributed by atoms with Crippen LogP contribution in [-0.2, 0) is 12.8 Å². The van der Waals surface area contributed by atoms with Gasteiger partial charge >= 0.3 is 6.01 Å². The van der Waals surface area contributed by atoms with Crippen molar-refractivity contribution in [3.05, 3.63) is 88.6 Å². The van der Waals surface area contributed by atoms with Gasteiger partial charge in [-0.25, -0.2) is 9.97 Å². The lowest BCUT2D eigenvalue weighted by molar-refractivity contribution is 0.103. The first-order valence-electron chi connectivity index (χ1n) is 9.75. The summed E-state index contributed by atoms with van der Waals surface area (Å²) in [5, 5.41) is 3.04. The Morgan fingerprint density at radius 3 is 2.63 bits per heavy atom. The minimum atomic E-state index is -0.0879. The van der Waals surface area contributed by atoms with E-state index in [0.717, 1.165) is 29.0 Å². The molecule has 4 aromatic rings. The van der Waals surface area contributed by atoms with E-state index in [4.69, 9.17) is 4.74 Å². The van der Waals surface area contributed by atoms with E-state index >= 15 is 0 Å². The molecule has 30 heavy (non-hydrogen) atoms. The molecule has 2 heterocycles. The zero-order valence-corrected chi connectivity index (χ0v) is 17.2. The van der Waals surface area contributed by atoms with Crippen molar-refractivity contribution in [2.45, 2.75) is 19.8 Å². The van der Waals surface area contributed by atoms with Crippen LogP contribution in [-0.4, -0.2) is 15.9 Å². The molecule has 0 radical (unpaired) electrons. The molecule has 2 aromatic heterocycles. The van der Waals surface area contributed by atoms with Gasteiger partial charge in [0.15, 0.2) is 0 Å². The molecule has 2 aromatic carbocycles. The van der Waals surface area contributed by atoms with Gasteiger partial charge in [-0.3, -0.25) is 4.79 Å². The number of nitrogens with one attached hydrogen (secondary N) is 1. The van der Waals surface area contributed by atoms with E-state index < -0.39 is 0 Å². The Morgan fingerprint density at radius 1 is 1.00 bits per heavy atom. The smallest absolute Gasteiger partial charge is 0.321 e. The van der Waals surface area contributed by atoms with Gasteiger partial charge in [0.05, 0.1) is 4.88 Å². The first-order chi connectivity index (χ1) is 14.7. The third kappa shape index (κ3) is 3.57. The molecule has 0 bridgehead atoms. The van der Waals surface area contributed by atoms with Crippen LogP contribution >= 0.6 is 11.3 Å². The summed E-state index contributed by atoms with van der Waals surface area (Å²) in [6.07, 6.45) is 5.25. The highest BCUT2D eigenvalue weighted by Crippen LogP contribution is 2.39. The van der Waals surface area contributed by atoms with Crippen LogP contribution in [0.3, 0.4) is 0 Å². The fourth-order valence-electron chi connectivity index (χ4n) is 3.65. The van der Waals surface area contributed by atoms with Gasteiger partial charge in [-0.2, -0.15) is 0 Å². The molecule has 1 aliphatic rings. The van der Waals surface area contributed by atoms with Crippen LogP contribution in [0.2, 0.25) is 0 Å². The number of hydrogen-bond donors (Lipinski definition) is 1. The molecule has 1 aliphatic carbocycles. The lowest BCUT2D eigenvalue weighted by atomic mass is 9.91. The first-order valence-corrected chi connectivity index (χ1v) is 10.6. The van der Waals surface area contributed by atoms with Crippen LogP contribution in [0, 0.1) is 6.92 Å². The van der Waals surface area contributed by atoms with E-state index in [1.54, 1.807) is 35.9 Å². The Labute approximate surface area is 178 Å². The van der Waals surface area contributed by atoms with Crippen LogP contribution in [0.15, 0.2) is 67.0 Å². The van der Waals surface area contributed by atoms with E-state index in [9.17, 15) is 4.79 Å². The largest absolute Gasteiger partial charge is 0.424 e. The number of hydrogen-bond acceptors (Lipinski definition) is 5. The Bertz CT molecular complexity index is 1230. The molecule has 0 atom stereocenters. The Morgan fingerprint density at radius 2 is 1.80 bits per heavy atom. The summed E-state index contributed by atoms with van der Waals surface area (Å²) < 4.78 is 5.66. The number of amides is 1. The van der Waals surface area contributed by atoms with E-state index in [1.165, 1.54) is 21.6 Å². The Kier molecular flexibility index (Phi) is 4.77. The van der Waals surface area contributed by atoms with Gasteiger partial charge in [-0.05, 0) is 72.4 Å². The number of rotatable bonds is 4. The summed E-state index contributed by atoms with van der Waals surface area (Å²) in [5.74, 6) is 0.537. The Hall–Kier alpha value is -3.51. The molecule has 6 heteroatoms. The van der Waals surface area contributed by atoms with Crippen LogP contribution < -0.4 is 10.1 Å². The summed E-state index contributed by atoms with van der Waals surface area (Å²) >= 11 is 1.56. The minimum absolute atomic E-state index is 0.0879. The maximum Gasteiger partial charge on any atom is 0.321 e. The highest BCUT2D eigenvalue weighted by molar-refractivity contribution is 7.17. The number of carbonyl (C=O) groups excluding carboxylic acids is 1. The highest BCUT2D eigenvalue weighted by atomic mass is 32.1. The van der Waals surface area contributed by atoms with E-state index in [2.05, 4.69) is 39.6 Å². The number of thiophene rings is 1. The third-order valence-electron chi connectivity index (χ3n) is 5.16. The summed E-state index contributed by atoms with van der Waals surface area (Å²) in [7, 11) is 0. The second-order valence-electron chi connectivity index (χ2n) is 7.19. The maximum absolute atomic E-state index is 12.9. The average Bonchev–Trinajstić information content (AvgIpc) is 3.21. The van der Waals surface area contributed by atoms with Gasteiger partial charge in [-0.1, -0.05) is 24.3 Å². The topological polar surface area (TPSA) is 64.1 Å². The molecule has 0 unspecified atom stereocenters. The minimum Gasteiger partial charge on any atom is -0.424 e. The number of ether oxygens (including phenoxy) is 1. The molecule has 148 valence electrons. The molecule has 0 spiro atoms. The second kappa shape index (κ2) is 7.72. The molecule has 5 nitrogen and oxygen atoms in total. The van der Waals surface area contributed by atoms with E-state index in [-0.39, 0.29) is 11.9 Å². The van der Waals surface area contributed by atoms with Crippen molar-refractivity contribution in [3.63, 3.8) is 0 Å². The van der Waals surface area contributed by atoms with Crippen molar-refractivity contribution in [1.82, 2.24) is 9.97 Å². The van der Waals surface area contributed by atoms with Crippen molar-refractivity contribution < 1.29 is 9.53 Å². The van der Waals surface area contributed by atoms with Crippen LogP contribution in [0.4, 0.5) is 5.69 Å². The van der Waals surface area contributed by atoms with E-state index in [0.29, 0.717) is 5.75 Å². The van der Waals surface area contributed by atoms with Gasteiger partial charge in [0.1, 0.15) is 5.75 Å². The quantitative estimate of drug-likeness (QED) is 0.469. The highest BCUT2D eigenvalue weighted by Gasteiger charge is 2.21. The summed E-state index contributed by atoms with van der Waals surface area (Å²) in [4.78, 5) is 23.0. The monoisotopic (exact) mass is 413 g/mol. The fourth-order valence-corrected chi connectivity index (χ4v) is 4.82.